The summed E-state index contributed by atoms with van der Waals surface area (Å²) in [6, 6.07) is 0. The van der Waals surface area contributed by atoms with Crippen LogP contribution in [0.4, 0.5) is 5.82 Å². The molecule has 21 heavy (non-hydrogen) atoms. The third kappa shape index (κ3) is 3.68. The monoisotopic (exact) mass is 289 g/mol. The number of aliphatic hydroxyl groups excluding tert-OH is 2. The number of hydrogen-bond acceptors (Lipinski definition) is 6. The minimum Gasteiger partial charge on any atom is -0.394 e. The number of nitrogen functional groups attached to an aromatic ring is 1. The molecule has 112 valence electrons. The number of hydrogen-bond donors (Lipinski definition) is 3. The Hall–Kier alpha value is -2.17. The third-order valence-corrected chi connectivity index (χ3v) is 2.96. The van der Waals surface area contributed by atoms with Gasteiger partial charge in [-0.1, -0.05) is 19.3 Å². The van der Waals surface area contributed by atoms with E-state index in [4.69, 9.17) is 10.8 Å². The van der Waals surface area contributed by atoms with Crippen LogP contribution >= 0.6 is 0 Å². The fourth-order valence-electron chi connectivity index (χ4n) is 1.85. The Bertz CT molecular complexity index is 671. The van der Waals surface area contributed by atoms with Gasteiger partial charge in [-0.2, -0.15) is 0 Å². The first kappa shape index (κ1) is 15.2. The van der Waals surface area contributed by atoms with E-state index in [9.17, 15) is 5.11 Å². The highest BCUT2D eigenvalue weighted by Gasteiger charge is 2.12. The van der Waals surface area contributed by atoms with Crippen LogP contribution in [0, 0.1) is 11.8 Å². The number of rotatable bonds is 5. The Morgan fingerprint density at radius 3 is 2.95 bits per heavy atom. The number of nitrogens with zero attached hydrogens (tertiary/aromatic N) is 4. The van der Waals surface area contributed by atoms with Crippen LogP contribution in [0.25, 0.3) is 11.2 Å². The van der Waals surface area contributed by atoms with Gasteiger partial charge in [0.25, 0.3) is 0 Å². The van der Waals surface area contributed by atoms with Crippen molar-refractivity contribution < 1.29 is 10.2 Å². The van der Waals surface area contributed by atoms with Crippen molar-refractivity contribution in [2.75, 3.05) is 12.3 Å². The first-order valence-corrected chi connectivity index (χ1v) is 6.91. The predicted octanol–water partition coefficient (Wildman–Crippen LogP) is 0.303. The van der Waals surface area contributed by atoms with Crippen molar-refractivity contribution in [3.05, 3.63) is 12.2 Å². The minimum atomic E-state index is -0.877. The van der Waals surface area contributed by atoms with E-state index in [0.29, 0.717) is 17.0 Å². The molecule has 1 atom stereocenters. The molecule has 0 bridgehead atoms. The molecule has 0 aliphatic heterocycles. The van der Waals surface area contributed by atoms with Gasteiger partial charge in [-0.25, -0.2) is 15.0 Å². The van der Waals surface area contributed by atoms with Crippen molar-refractivity contribution in [3.8, 4) is 11.8 Å². The van der Waals surface area contributed by atoms with E-state index in [-0.39, 0.29) is 19.0 Å². The van der Waals surface area contributed by atoms with Crippen molar-refractivity contribution in [2.24, 2.45) is 0 Å². The summed E-state index contributed by atoms with van der Waals surface area (Å²) in [4.78, 5) is 12.6. The van der Waals surface area contributed by atoms with Crippen molar-refractivity contribution in [1.82, 2.24) is 19.5 Å². The third-order valence-electron chi connectivity index (χ3n) is 2.96. The molecule has 4 N–H and O–H groups in total. The fourth-order valence-corrected chi connectivity index (χ4v) is 1.85. The Morgan fingerprint density at radius 2 is 2.24 bits per heavy atom. The van der Waals surface area contributed by atoms with Gasteiger partial charge >= 0.3 is 0 Å². The summed E-state index contributed by atoms with van der Waals surface area (Å²) < 4.78 is 1.63. The Kier molecular flexibility index (Phi) is 5.09. The van der Waals surface area contributed by atoms with Crippen LogP contribution in [0.2, 0.25) is 0 Å². The van der Waals surface area contributed by atoms with Gasteiger partial charge in [-0.3, -0.25) is 0 Å². The molecule has 0 radical (unpaired) electrons. The van der Waals surface area contributed by atoms with Crippen molar-refractivity contribution in [1.29, 1.82) is 0 Å². The largest absolute Gasteiger partial charge is 0.394 e. The molecule has 0 amide bonds. The van der Waals surface area contributed by atoms with Crippen LogP contribution in [-0.4, -0.2) is 42.4 Å². The van der Waals surface area contributed by atoms with E-state index >= 15 is 0 Å². The van der Waals surface area contributed by atoms with Crippen LogP contribution in [-0.2, 0) is 6.54 Å². The molecule has 0 aliphatic rings. The zero-order valence-electron chi connectivity index (χ0n) is 12.0. The van der Waals surface area contributed by atoms with Crippen molar-refractivity contribution >= 4 is 17.0 Å². The van der Waals surface area contributed by atoms with Crippen molar-refractivity contribution in [3.63, 3.8) is 0 Å². The van der Waals surface area contributed by atoms with E-state index in [1.165, 1.54) is 6.33 Å². The van der Waals surface area contributed by atoms with Gasteiger partial charge < -0.3 is 20.5 Å². The number of imidazole rings is 1. The molecule has 0 saturated carbocycles. The van der Waals surface area contributed by atoms with Gasteiger partial charge in [0.1, 0.15) is 5.52 Å². The summed E-state index contributed by atoms with van der Waals surface area (Å²) in [5, 5.41) is 18.4. The van der Waals surface area contributed by atoms with Gasteiger partial charge in [-0.05, 0) is 12.3 Å². The van der Waals surface area contributed by atoms with Crippen LogP contribution in [0.1, 0.15) is 32.0 Å². The molecule has 2 rings (SSSR count). The maximum absolute atomic E-state index is 9.53. The van der Waals surface area contributed by atoms with Crippen LogP contribution in [0.3, 0.4) is 0 Å². The maximum Gasteiger partial charge on any atom is 0.208 e. The summed E-state index contributed by atoms with van der Waals surface area (Å²) in [7, 11) is 0. The second-order valence-corrected chi connectivity index (χ2v) is 4.74. The summed E-state index contributed by atoms with van der Waals surface area (Å²) in [6.45, 7) is 1.96. The lowest BCUT2D eigenvalue weighted by atomic mass is 10.2. The predicted molar refractivity (Wildman–Crippen MR) is 79.2 cm³/mol. The maximum atomic E-state index is 9.53. The van der Waals surface area contributed by atoms with E-state index < -0.39 is 6.10 Å². The SMILES string of the molecule is CCCCC#Cc1nc(N)c2ncn(CC(O)CO)c2n1. The minimum absolute atomic E-state index is 0.187. The molecule has 2 heterocycles. The number of anilines is 1. The van der Waals surface area contributed by atoms with Gasteiger partial charge in [-0.15, -0.1) is 0 Å². The lowest BCUT2D eigenvalue weighted by Gasteiger charge is -2.08. The number of fused-ring (bicyclic) bond motifs is 1. The summed E-state index contributed by atoms with van der Waals surface area (Å²) in [6.07, 6.45) is 3.55. The van der Waals surface area contributed by atoms with E-state index in [1.54, 1.807) is 4.57 Å². The average Bonchev–Trinajstić information content (AvgIpc) is 2.87. The summed E-state index contributed by atoms with van der Waals surface area (Å²) >= 11 is 0. The van der Waals surface area contributed by atoms with Crippen LogP contribution in [0.5, 0.6) is 0 Å². The molecule has 2 aromatic rings. The second kappa shape index (κ2) is 7.02. The first-order chi connectivity index (χ1) is 10.2. The summed E-state index contributed by atoms with van der Waals surface area (Å²) in [5.74, 6) is 6.51. The first-order valence-electron chi connectivity index (χ1n) is 6.91. The molecule has 2 aromatic heterocycles. The fraction of sp³-hybridized carbons (Fsp3) is 0.500. The van der Waals surface area contributed by atoms with Crippen molar-refractivity contribution in [2.45, 2.75) is 38.8 Å². The number of aromatic nitrogens is 4. The number of aliphatic hydroxyl groups is 2. The van der Waals surface area contributed by atoms with E-state index in [1.807, 2.05) is 0 Å². The van der Waals surface area contributed by atoms with Crippen LogP contribution < -0.4 is 5.73 Å². The number of nitrogens with two attached hydrogens (primary N) is 1. The van der Waals surface area contributed by atoms with Crippen LogP contribution in [0.15, 0.2) is 6.33 Å². The smallest absolute Gasteiger partial charge is 0.208 e. The Labute approximate surface area is 122 Å². The van der Waals surface area contributed by atoms with Gasteiger partial charge in [0.2, 0.25) is 5.82 Å². The Balaban J connectivity index is 2.32. The molecule has 0 spiro atoms. The lowest BCUT2D eigenvalue weighted by molar-refractivity contribution is 0.0820. The molecule has 1 unspecified atom stereocenters. The second-order valence-electron chi connectivity index (χ2n) is 4.74. The molecule has 0 aliphatic carbocycles. The standard InChI is InChI=1S/C14H19N5O2/c1-2-3-4-5-6-11-17-13(15)12-14(18-11)19(9-16-12)7-10(21)8-20/h9-10,20-21H,2-4,7-8H2,1H3,(H2,15,17,18). The van der Waals surface area contributed by atoms with Gasteiger partial charge in [0.15, 0.2) is 11.5 Å². The summed E-state index contributed by atoms with van der Waals surface area (Å²) in [5.41, 5.74) is 6.84. The van der Waals surface area contributed by atoms with Gasteiger partial charge in [0.05, 0.1) is 25.6 Å². The zero-order chi connectivity index (χ0) is 15.2. The molecule has 7 nitrogen and oxygen atoms in total. The molecule has 0 aromatic carbocycles. The molecule has 0 fully saturated rings. The molecule has 7 heteroatoms. The van der Waals surface area contributed by atoms with Gasteiger partial charge in [0, 0.05) is 6.42 Å². The average molecular weight is 289 g/mol. The highest BCUT2D eigenvalue weighted by molar-refractivity contribution is 5.81. The highest BCUT2D eigenvalue weighted by atomic mass is 16.3. The zero-order valence-corrected chi connectivity index (χ0v) is 12.0. The quantitative estimate of drug-likeness (QED) is 0.539. The normalized spacial score (nSPS) is 12.1. The van der Waals surface area contributed by atoms with E-state index in [0.717, 1.165) is 19.3 Å². The molecule has 0 saturated heterocycles. The number of unbranched alkanes of at least 4 members (excludes halogenated alkanes) is 2. The lowest BCUT2D eigenvalue weighted by Crippen LogP contribution is -2.19. The molecular weight excluding hydrogens is 270 g/mol. The topological polar surface area (TPSA) is 110 Å². The highest BCUT2D eigenvalue weighted by Crippen LogP contribution is 2.16. The Morgan fingerprint density at radius 1 is 1.43 bits per heavy atom. The molecular formula is C14H19N5O2. The van der Waals surface area contributed by atoms with E-state index in [2.05, 4.69) is 33.7 Å².